The van der Waals surface area contributed by atoms with Crippen molar-refractivity contribution in [2.24, 2.45) is 0 Å². The van der Waals surface area contributed by atoms with Crippen LogP contribution >= 0.6 is 15.9 Å². The van der Waals surface area contributed by atoms with E-state index in [4.69, 9.17) is 9.47 Å². The molecule has 0 saturated carbocycles. The van der Waals surface area contributed by atoms with Crippen molar-refractivity contribution in [3.05, 3.63) is 32.9 Å². The van der Waals surface area contributed by atoms with Crippen molar-refractivity contribution in [3.63, 3.8) is 0 Å². The molecule has 0 aliphatic carbocycles. The van der Waals surface area contributed by atoms with Crippen LogP contribution in [-0.4, -0.2) is 44.5 Å². The number of esters is 1. The summed E-state index contributed by atoms with van der Waals surface area (Å²) in [7, 11) is 0. The van der Waals surface area contributed by atoms with E-state index in [1.165, 1.54) is 20.8 Å². The Bertz CT molecular complexity index is 820. The predicted octanol–water partition coefficient (Wildman–Crippen LogP) is 0.185. The summed E-state index contributed by atoms with van der Waals surface area (Å²) in [5, 5.41) is 2.62. The van der Waals surface area contributed by atoms with E-state index >= 15 is 0 Å². The van der Waals surface area contributed by atoms with Crippen LogP contribution in [0.2, 0.25) is 0 Å². The molecule has 1 aliphatic rings. The van der Waals surface area contributed by atoms with E-state index in [1.807, 2.05) is 4.98 Å². The van der Waals surface area contributed by atoms with E-state index in [0.29, 0.717) is 6.42 Å². The van der Waals surface area contributed by atoms with Crippen LogP contribution in [0.25, 0.3) is 0 Å². The van der Waals surface area contributed by atoms with E-state index in [2.05, 4.69) is 21.2 Å². The fourth-order valence-electron chi connectivity index (χ4n) is 2.55. The zero-order valence-corrected chi connectivity index (χ0v) is 16.0. The lowest BCUT2D eigenvalue weighted by Crippen LogP contribution is -2.47. The maximum atomic E-state index is 13.5. The highest BCUT2D eigenvalue weighted by Crippen LogP contribution is 2.33. The molecule has 1 aromatic rings. The summed E-state index contributed by atoms with van der Waals surface area (Å²) in [6, 6.07) is 0. The molecule has 1 fully saturated rings. The number of nitrogens with one attached hydrogen (secondary N) is 2. The van der Waals surface area contributed by atoms with Gasteiger partial charge in [-0.05, 0) is 20.3 Å². The van der Waals surface area contributed by atoms with Gasteiger partial charge in [-0.25, -0.2) is 4.79 Å². The van der Waals surface area contributed by atoms with Gasteiger partial charge in [-0.1, -0.05) is 15.9 Å². The van der Waals surface area contributed by atoms with Crippen LogP contribution in [0.3, 0.4) is 0 Å². The molecule has 2 heterocycles. The largest absolute Gasteiger partial charge is 0.450 e. The molecular weight excluding hydrogens is 417 g/mol. The Morgan fingerprint density at radius 3 is 2.77 bits per heavy atom. The first-order chi connectivity index (χ1) is 12.0. The third-order valence-corrected chi connectivity index (χ3v) is 4.59. The number of halogens is 2. The van der Waals surface area contributed by atoms with Gasteiger partial charge in [0.2, 0.25) is 5.82 Å². The number of amides is 1. The van der Waals surface area contributed by atoms with Gasteiger partial charge >= 0.3 is 11.7 Å². The Labute approximate surface area is 156 Å². The first-order valence-electron chi connectivity index (χ1n) is 7.79. The zero-order chi connectivity index (χ0) is 19.6. The van der Waals surface area contributed by atoms with E-state index in [9.17, 15) is 23.6 Å². The SMILES string of the molecule is CC(=O)OC(C)(C)C(=O)NCC1CC(Br)C(n2cc(F)c(=O)[nH]c2=O)O1. The second-order valence-electron chi connectivity index (χ2n) is 6.36. The number of carbonyl (C=O) groups excluding carboxylic acids is 2. The number of aromatic nitrogens is 2. The smallest absolute Gasteiger partial charge is 0.330 e. The quantitative estimate of drug-likeness (QED) is 0.502. The van der Waals surface area contributed by atoms with Crippen LogP contribution in [0.5, 0.6) is 0 Å². The highest BCUT2D eigenvalue weighted by Gasteiger charge is 2.37. The van der Waals surface area contributed by atoms with Crippen LogP contribution in [0.15, 0.2) is 15.8 Å². The summed E-state index contributed by atoms with van der Waals surface area (Å²) >= 11 is 3.36. The summed E-state index contributed by atoms with van der Waals surface area (Å²) in [6.07, 6.45) is -0.114. The third-order valence-electron chi connectivity index (χ3n) is 3.76. The summed E-state index contributed by atoms with van der Waals surface area (Å²) in [5.41, 5.74) is -3.24. The number of alkyl halides is 1. The molecule has 2 N–H and O–H groups in total. The summed E-state index contributed by atoms with van der Waals surface area (Å²) in [5.74, 6) is -2.19. The van der Waals surface area contributed by atoms with Crippen molar-refractivity contribution >= 4 is 27.8 Å². The van der Waals surface area contributed by atoms with Crippen molar-refractivity contribution in [2.75, 3.05) is 6.54 Å². The minimum atomic E-state index is -1.34. The van der Waals surface area contributed by atoms with Gasteiger partial charge in [-0.2, -0.15) is 4.39 Å². The molecule has 0 bridgehead atoms. The number of hydrogen-bond donors (Lipinski definition) is 2. The lowest BCUT2D eigenvalue weighted by molar-refractivity contribution is -0.163. The normalized spacial score (nSPS) is 22.9. The standard InChI is InChI=1S/C15H19BrFN3O6/c1-7(21)26-15(2,3)13(23)18-5-8-4-9(16)12(25-8)20-6-10(17)11(22)19-14(20)24/h6,8-9,12H,4-5H2,1-3H3,(H,18,23)(H,19,22,24). The molecule has 1 aromatic heterocycles. The Balaban J connectivity index is 2.02. The van der Waals surface area contributed by atoms with Gasteiger partial charge in [-0.3, -0.25) is 23.9 Å². The number of rotatable bonds is 5. The molecule has 0 aromatic carbocycles. The number of nitrogens with zero attached hydrogens (tertiary/aromatic N) is 1. The van der Waals surface area contributed by atoms with E-state index in [-0.39, 0.29) is 11.4 Å². The van der Waals surface area contributed by atoms with Gasteiger partial charge in [0.05, 0.1) is 17.1 Å². The van der Waals surface area contributed by atoms with Crippen LogP contribution in [0.1, 0.15) is 33.4 Å². The predicted molar refractivity (Wildman–Crippen MR) is 91.4 cm³/mol. The first-order valence-corrected chi connectivity index (χ1v) is 8.71. The fourth-order valence-corrected chi connectivity index (χ4v) is 3.35. The molecule has 11 heteroatoms. The van der Waals surface area contributed by atoms with Crippen molar-refractivity contribution < 1.29 is 23.5 Å². The molecule has 9 nitrogen and oxygen atoms in total. The molecule has 3 atom stereocenters. The Morgan fingerprint density at radius 2 is 2.15 bits per heavy atom. The lowest BCUT2D eigenvalue weighted by atomic mass is 10.1. The van der Waals surface area contributed by atoms with Gasteiger partial charge in [-0.15, -0.1) is 0 Å². The zero-order valence-electron chi connectivity index (χ0n) is 14.4. The lowest BCUT2D eigenvalue weighted by Gasteiger charge is -2.24. The molecule has 0 spiro atoms. The van der Waals surface area contributed by atoms with Gasteiger partial charge in [0.25, 0.3) is 11.5 Å². The van der Waals surface area contributed by atoms with Crippen molar-refractivity contribution in [3.8, 4) is 0 Å². The average molecular weight is 436 g/mol. The van der Waals surface area contributed by atoms with E-state index in [0.717, 1.165) is 10.8 Å². The van der Waals surface area contributed by atoms with Gasteiger partial charge < -0.3 is 14.8 Å². The number of aromatic amines is 1. The molecular formula is C15H19BrFN3O6. The molecule has 3 unspecified atom stereocenters. The number of carbonyl (C=O) groups is 2. The second-order valence-corrected chi connectivity index (χ2v) is 7.53. The highest BCUT2D eigenvalue weighted by molar-refractivity contribution is 9.09. The monoisotopic (exact) mass is 435 g/mol. The molecule has 144 valence electrons. The van der Waals surface area contributed by atoms with Crippen LogP contribution in [0, 0.1) is 5.82 Å². The Hall–Kier alpha value is -2.01. The van der Waals surface area contributed by atoms with Gasteiger partial charge in [0, 0.05) is 13.5 Å². The summed E-state index contributed by atoms with van der Waals surface area (Å²) < 4.78 is 25.0. The number of ether oxygens (including phenoxy) is 2. The molecule has 0 radical (unpaired) electrons. The molecule has 1 amide bonds. The minimum Gasteiger partial charge on any atom is -0.450 e. The van der Waals surface area contributed by atoms with E-state index < -0.39 is 46.9 Å². The third kappa shape index (κ3) is 4.58. The Morgan fingerprint density at radius 1 is 1.50 bits per heavy atom. The van der Waals surface area contributed by atoms with Crippen LogP contribution < -0.4 is 16.6 Å². The van der Waals surface area contributed by atoms with Gasteiger partial charge in [0.15, 0.2) is 11.8 Å². The first kappa shape index (κ1) is 20.3. The minimum absolute atomic E-state index is 0.0999. The van der Waals surface area contributed by atoms with Crippen molar-refractivity contribution in [1.29, 1.82) is 0 Å². The summed E-state index contributed by atoms with van der Waals surface area (Å²) in [4.78, 5) is 47.7. The van der Waals surface area contributed by atoms with Crippen molar-refractivity contribution in [2.45, 2.75) is 50.0 Å². The molecule has 1 aliphatic heterocycles. The topological polar surface area (TPSA) is 119 Å². The molecule has 1 saturated heterocycles. The van der Waals surface area contributed by atoms with Gasteiger partial charge in [0.1, 0.15) is 0 Å². The average Bonchev–Trinajstić information content (AvgIpc) is 2.88. The molecule has 2 rings (SSSR count). The number of H-pyrrole nitrogens is 1. The maximum Gasteiger partial charge on any atom is 0.330 e. The second kappa shape index (κ2) is 7.70. The number of hydrogen-bond acceptors (Lipinski definition) is 6. The van der Waals surface area contributed by atoms with Crippen LogP contribution in [-0.2, 0) is 19.1 Å². The van der Waals surface area contributed by atoms with Crippen LogP contribution in [0.4, 0.5) is 4.39 Å². The summed E-state index contributed by atoms with van der Waals surface area (Å²) in [6.45, 7) is 4.22. The van der Waals surface area contributed by atoms with E-state index in [1.54, 1.807) is 0 Å². The highest BCUT2D eigenvalue weighted by atomic mass is 79.9. The fraction of sp³-hybridized carbons (Fsp3) is 0.600. The Kier molecular flexibility index (Phi) is 6.02. The van der Waals surface area contributed by atoms with Crippen molar-refractivity contribution in [1.82, 2.24) is 14.9 Å². The molecule has 26 heavy (non-hydrogen) atoms. The maximum absolute atomic E-state index is 13.5.